The summed E-state index contributed by atoms with van der Waals surface area (Å²) in [5.41, 5.74) is 3.68. The lowest BCUT2D eigenvalue weighted by molar-refractivity contribution is 0.299. The molecule has 0 saturated heterocycles. The Kier molecular flexibility index (Phi) is 3.01. The van der Waals surface area contributed by atoms with Gasteiger partial charge in [0.1, 0.15) is 0 Å². The molecule has 0 amide bonds. The van der Waals surface area contributed by atoms with Crippen molar-refractivity contribution < 1.29 is 5.11 Å². The summed E-state index contributed by atoms with van der Waals surface area (Å²) in [6, 6.07) is 4.25. The fourth-order valence-electron chi connectivity index (χ4n) is 3.34. The molecule has 2 nitrogen and oxygen atoms in total. The van der Waals surface area contributed by atoms with E-state index < -0.39 is 0 Å². The summed E-state index contributed by atoms with van der Waals surface area (Å²) in [5, 5.41) is 13.4. The van der Waals surface area contributed by atoms with Gasteiger partial charge >= 0.3 is 0 Å². The minimum Gasteiger partial charge on any atom is -0.396 e. The zero-order valence-electron chi connectivity index (χ0n) is 9.88. The molecule has 17 heavy (non-hydrogen) atoms. The summed E-state index contributed by atoms with van der Waals surface area (Å²) in [4.78, 5) is 0. The van der Waals surface area contributed by atoms with Gasteiger partial charge in [0.2, 0.25) is 0 Å². The number of benzene rings is 1. The summed E-state index contributed by atoms with van der Waals surface area (Å²) in [6.07, 6.45) is 4.62. The maximum Gasteiger partial charge on any atom is 0.0471 e. The SMILES string of the molecule is OCCc1cc2c(cc1Cl)C1CCCC1CN2. The number of halogens is 1. The van der Waals surface area contributed by atoms with Gasteiger partial charge in [-0.1, -0.05) is 18.0 Å². The van der Waals surface area contributed by atoms with E-state index in [1.54, 1.807) is 0 Å². The van der Waals surface area contributed by atoms with E-state index in [9.17, 15) is 0 Å². The molecular weight excluding hydrogens is 234 g/mol. The fraction of sp³-hybridized carbons (Fsp3) is 0.571. The maximum atomic E-state index is 9.02. The molecule has 2 aliphatic rings. The molecule has 92 valence electrons. The van der Waals surface area contributed by atoms with E-state index in [1.165, 1.54) is 30.5 Å². The van der Waals surface area contributed by atoms with Crippen molar-refractivity contribution in [2.24, 2.45) is 5.92 Å². The number of anilines is 1. The Hall–Kier alpha value is -0.730. The Labute approximate surface area is 107 Å². The van der Waals surface area contributed by atoms with Crippen LogP contribution >= 0.6 is 11.6 Å². The van der Waals surface area contributed by atoms with Crippen molar-refractivity contribution in [3.8, 4) is 0 Å². The fourth-order valence-corrected chi connectivity index (χ4v) is 3.60. The number of nitrogens with one attached hydrogen (secondary N) is 1. The van der Waals surface area contributed by atoms with E-state index in [4.69, 9.17) is 16.7 Å². The van der Waals surface area contributed by atoms with Gasteiger partial charge in [0, 0.05) is 23.9 Å². The number of rotatable bonds is 2. The van der Waals surface area contributed by atoms with E-state index in [1.807, 2.05) is 0 Å². The second-order valence-electron chi connectivity index (χ2n) is 5.18. The molecule has 2 atom stereocenters. The third-order valence-electron chi connectivity index (χ3n) is 4.21. The van der Waals surface area contributed by atoms with Crippen LogP contribution in [0, 0.1) is 5.92 Å². The number of hydrogen-bond donors (Lipinski definition) is 2. The van der Waals surface area contributed by atoms with E-state index in [2.05, 4.69) is 17.4 Å². The normalized spacial score (nSPS) is 26.2. The van der Waals surface area contributed by atoms with E-state index in [0.717, 1.165) is 23.0 Å². The van der Waals surface area contributed by atoms with Gasteiger partial charge in [-0.25, -0.2) is 0 Å². The lowest BCUT2D eigenvalue weighted by Gasteiger charge is -2.30. The van der Waals surface area contributed by atoms with Gasteiger partial charge in [0.25, 0.3) is 0 Å². The predicted octanol–water partition coefficient (Wildman–Crippen LogP) is 3.18. The van der Waals surface area contributed by atoms with Crippen molar-refractivity contribution in [2.75, 3.05) is 18.5 Å². The van der Waals surface area contributed by atoms with Crippen molar-refractivity contribution in [3.05, 3.63) is 28.3 Å². The molecule has 0 aromatic heterocycles. The molecule has 1 aromatic carbocycles. The van der Waals surface area contributed by atoms with E-state index in [0.29, 0.717) is 12.3 Å². The van der Waals surface area contributed by atoms with E-state index in [-0.39, 0.29) is 6.61 Å². The molecule has 0 bridgehead atoms. The van der Waals surface area contributed by atoms with Crippen molar-refractivity contribution in [2.45, 2.75) is 31.6 Å². The van der Waals surface area contributed by atoms with Crippen molar-refractivity contribution in [3.63, 3.8) is 0 Å². The second-order valence-corrected chi connectivity index (χ2v) is 5.59. The van der Waals surface area contributed by atoms with Gasteiger partial charge < -0.3 is 10.4 Å². The van der Waals surface area contributed by atoms with Crippen LogP contribution in [0.25, 0.3) is 0 Å². The van der Waals surface area contributed by atoms with Gasteiger partial charge in [-0.15, -0.1) is 0 Å². The van der Waals surface area contributed by atoms with Crippen molar-refractivity contribution in [1.82, 2.24) is 0 Å². The Bertz CT molecular complexity index is 432. The first-order valence-electron chi connectivity index (χ1n) is 6.46. The van der Waals surface area contributed by atoms with Gasteiger partial charge in [-0.2, -0.15) is 0 Å². The molecule has 1 heterocycles. The smallest absolute Gasteiger partial charge is 0.0471 e. The van der Waals surface area contributed by atoms with Gasteiger partial charge in [-0.05, 0) is 54.4 Å². The molecule has 2 unspecified atom stereocenters. The highest BCUT2D eigenvalue weighted by Crippen LogP contribution is 2.46. The number of aliphatic hydroxyl groups is 1. The Morgan fingerprint density at radius 3 is 3.06 bits per heavy atom. The molecule has 0 spiro atoms. The van der Waals surface area contributed by atoms with Gasteiger partial charge in [0.05, 0.1) is 0 Å². The Morgan fingerprint density at radius 2 is 2.24 bits per heavy atom. The third-order valence-corrected chi connectivity index (χ3v) is 4.56. The summed E-state index contributed by atoms with van der Waals surface area (Å²) in [5.74, 6) is 1.49. The average Bonchev–Trinajstić information content (AvgIpc) is 2.79. The maximum absolute atomic E-state index is 9.02. The largest absolute Gasteiger partial charge is 0.396 e. The minimum atomic E-state index is 0.157. The molecule has 1 fully saturated rings. The van der Waals surface area contributed by atoms with Crippen LogP contribution in [0.3, 0.4) is 0 Å². The Morgan fingerprint density at radius 1 is 1.35 bits per heavy atom. The van der Waals surface area contributed by atoms with Gasteiger partial charge in [0.15, 0.2) is 0 Å². The quantitative estimate of drug-likeness (QED) is 0.846. The van der Waals surface area contributed by atoms with Crippen LogP contribution in [0.4, 0.5) is 5.69 Å². The standard InChI is InChI=1S/C14H18ClNO/c15-13-7-12-11-3-1-2-10(11)8-16-14(12)6-9(13)4-5-17/h6-7,10-11,16-17H,1-5,8H2. The zero-order valence-corrected chi connectivity index (χ0v) is 10.6. The topological polar surface area (TPSA) is 32.3 Å². The summed E-state index contributed by atoms with van der Waals surface area (Å²) >= 11 is 6.29. The van der Waals surface area contributed by atoms with Crippen LogP contribution in [-0.2, 0) is 6.42 Å². The second kappa shape index (κ2) is 4.51. The van der Waals surface area contributed by atoms with Gasteiger partial charge in [-0.3, -0.25) is 0 Å². The summed E-state index contributed by atoms with van der Waals surface area (Å²) in [7, 11) is 0. The van der Waals surface area contributed by atoms with Crippen LogP contribution in [0.2, 0.25) is 5.02 Å². The van der Waals surface area contributed by atoms with E-state index >= 15 is 0 Å². The average molecular weight is 252 g/mol. The van der Waals surface area contributed by atoms with Crippen LogP contribution in [-0.4, -0.2) is 18.3 Å². The lowest BCUT2D eigenvalue weighted by atomic mass is 9.84. The minimum absolute atomic E-state index is 0.157. The Balaban J connectivity index is 1.99. The molecule has 0 radical (unpaired) electrons. The van der Waals surface area contributed by atoms with Crippen LogP contribution in [0.15, 0.2) is 12.1 Å². The molecule has 3 rings (SSSR count). The highest BCUT2D eigenvalue weighted by molar-refractivity contribution is 6.31. The van der Waals surface area contributed by atoms with Crippen molar-refractivity contribution in [1.29, 1.82) is 0 Å². The van der Waals surface area contributed by atoms with Crippen LogP contribution in [0.5, 0.6) is 0 Å². The lowest BCUT2D eigenvalue weighted by Crippen LogP contribution is -2.24. The molecular formula is C14H18ClNO. The summed E-state index contributed by atoms with van der Waals surface area (Å²) in [6.45, 7) is 1.25. The number of hydrogen-bond acceptors (Lipinski definition) is 2. The van der Waals surface area contributed by atoms with Crippen LogP contribution in [0.1, 0.15) is 36.3 Å². The highest BCUT2D eigenvalue weighted by Gasteiger charge is 2.33. The monoisotopic (exact) mass is 251 g/mol. The third kappa shape index (κ3) is 1.94. The number of fused-ring (bicyclic) bond motifs is 3. The molecule has 1 aromatic rings. The molecule has 3 heteroatoms. The molecule has 1 aliphatic carbocycles. The first-order chi connectivity index (χ1) is 8.29. The molecule has 1 saturated carbocycles. The number of aliphatic hydroxyl groups excluding tert-OH is 1. The first-order valence-corrected chi connectivity index (χ1v) is 6.84. The zero-order chi connectivity index (χ0) is 11.8. The predicted molar refractivity (Wildman–Crippen MR) is 70.8 cm³/mol. The molecule has 2 N–H and O–H groups in total. The highest BCUT2D eigenvalue weighted by atomic mass is 35.5. The molecule has 1 aliphatic heterocycles. The van der Waals surface area contributed by atoms with Crippen LogP contribution < -0.4 is 5.32 Å². The van der Waals surface area contributed by atoms with Crippen molar-refractivity contribution >= 4 is 17.3 Å². The first kappa shape index (κ1) is 11.4. The summed E-state index contributed by atoms with van der Waals surface area (Å²) < 4.78 is 0.